The molecule has 2 atom stereocenters. The van der Waals surface area contributed by atoms with Crippen molar-refractivity contribution in [3.8, 4) is 0 Å². The maximum Gasteiger partial charge on any atom is 0.243 e. The molecule has 0 aromatic rings. The van der Waals surface area contributed by atoms with Crippen LogP contribution in [0.25, 0.3) is 0 Å². The second kappa shape index (κ2) is 3.51. The Morgan fingerprint density at radius 3 is 2.50 bits per heavy atom. The van der Waals surface area contributed by atoms with Gasteiger partial charge >= 0.3 is 0 Å². The van der Waals surface area contributed by atoms with E-state index in [0.717, 1.165) is 32.4 Å². The van der Waals surface area contributed by atoms with Gasteiger partial charge in [-0.05, 0) is 32.2 Å². The number of likely N-dealkylation sites (tertiary alicyclic amines) is 1. The van der Waals surface area contributed by atoms with E-state index in [-0.39, 0.29) is 11.8 Å². The van der Waals surface area contributed by atoms with Gasteiger partial charge in [-0.2, -0.15) is 0 Å². The summed E-state index contributed by atoms with van der Waals surface area (Å²) in [5.74, 6) is 0.351. The molecule has 80 valence electrons. The van der Waals surface area contributed by atoms with Gasteiger partial charge in [-0.3, -0.25) is 4.79 Å². The molecule has 4 nitrogen and oxygen atoms in total. The number of hydrogen-bond acceptors (Lipinski definition) is 3. The third kappa shape index (κ3) is 1.53. The Labute approximate surface area is 84.6 Å². The molecular weight excluding hydrogens is 178 g/mol. The van der Waals surface area contributed by atoms with Crippen LogP contribution < -0.4 is 11.5 Å². The Morgan fingerprint density at radius 1 is 1.36 bits per heavy atom. The van der Waals surface area contributed by atoms with Gasteiger partial charge in [0.15, 0.2) is 0 Å². The predicted molar refractivity (Wildman–Crippen MR) is 54.5 cm³/mol. The Kier molecular flexibility index (Phi) is 2.49. The van der Waals surface area contributed by atoms with E-state index in [1.54, 1.807) is 0 Å². The van der Waals surface area contributed by atoms with Crippen molar-refractivity contribution in [2.24, 2.45) is 17.4 Å². The Morgan fingerprint density at radius 2 is 2.00 bits per heavy atom. The quantitative estimate of drug-likeness (QED) is 0.637. The van der Waals surface area contributed by atoms with Crippen molar-refractivity contribution in [2.45, 2.75) is 31.2 Å². The molecule has 14 heavy (non-hydrogen) atoms. The van der Waals surface area contributed by atoms with Crippen LogP contribution >= 0.6 is 0 Å². The minimum Gasteiger partial charge on any atom is -0.341 e. The van der Waals surface area contributed by atoms with Crippen LogP contribution in [0.3, 0.4) is 0 Å². The lowest BCUT2D eigenvalue weighted by molar-refractivity contribution is -0.134. The number of amides is 1. The summed E-state index contributed by atoms with van der Waals surface area (Å²) in [7, 11) is 0. The molecule has 0 radical (unpaired) electrons. The smallest absolute Gasteiger partial charge is 0.243 e. The average molecular weight is 197 g/mol. The summed E-state index contributed by atoms with van der Waals surface area (Å²) in [5.41, 5.74) is 10.9. The summed E-state index contributed by atoms with van der Waals surface area (Å²) in [6, 6.07) is 0. The lowest BCUT2D eigenvalue weighted by atomic mass is 10.1. The molecule has 1 aliphatic carbocycles. The van der Waals surface area contributed by atoms with Crippen molar-refractivity contribution in [1.82, 2.24) is 4.90 Å². The van der Waals surface area contributed by atoms with Crippen molar-refractivity contribution in [3.63, 3.8) is 0 Å². The molecule has 1 amide bonds. The first-order valence-electron chi connectivity index (χ1n) is 5.47. The van der Waals surface area contributed by atoms with E-state index < -0.39 is 5.54 Å². The third-order valence-electron chi connectivity index (χ3n) is 3.48. The molecule has 0 spiro atoms. The molecule has 0 aromatic heterocycles. The van der Waals surface area contributed by atoms with Crippen LogP contribution in [-0.4, -0.2) is 36.0 Å². The molecule has 2 rings (SSSR count). The number of nitrogens with zero attached hydrogens (tertiary/aromatic N) is 1. The van der Waals surface area contributed by atoms with E-state index in [1.807, 2.05) is 4.90 Å². The summed E-state index contributed by atoms with van der Waals surface area (Å²) < 4.78 is 0. The van der Waals surface area contributed by atoms with Crippen LogP contribution in [-0.2, 0) is 4.79 Å². The van der Waals surface area contributed by atoms with E-state index in [4.69, 9.17) is 11.5 Å². The minimum absolute atomic E-state index is 0.132. The SMILES string of the molecule is NC[C@@H]1C[C@@]1(N)C(=O)N1CCCCC1. The maximum atomic E-state index is 12.0. The van der Waals surface area contributed by atoms with Gasteiger partial charge < -0.3 is 16.4 Å². The normalized spacial score (nSPS) is 37.0. The first-order chi connectivity index (χ1) is 6.68. The Bertz CT molecular complexity index is 238. The number of nitrogens with two attached hydrogens (primary N) is 2. The second-order valence-electron chi connectivity index (χ2n) is 4.53. The van der Waals surface area contributed by atoms with Crippen molar-refractivity contribution < 1.29 is 4.79 Å². The molecule has 1 saturated carbocycles. The predicted octanol–water partition coefficient (Wildman–Crippen LogP) is -0.325. The van der Waals surface area contributed by atoms with E-state index in [2.05, 4.69) is 0 Å². The van der Waals surface area contributed by atoms with Gasteiger partial charge in [0.1, 0.15) is 5.54 Å². The van der Waals surface area contributed by atoms with Crippen LogP contribution in [0.1, 0.15) is 25.7 Å². The highest BCUT2D eigenvalue weighted by atomic mass is 16.2. The summed E-state index contributed by atoms with van der Waals surface area (Å²) in [4.78, 5) is 13.9. The van der Waals surface area contributed by atoms with Crippen molar-refractivity contribution >= 4 is 5.91 Å². The zero-order valence-corrected chi connectivity index (χ0v) is 8.54. The zero-order chi connectivity index (χ0) is 10.2. The average Bonchev–Trinajstić information content (AvgIpc) is 2.91. The molecule has 4 N–H and O–H groups in total. The van der Waals surface area contributed by atoms with Crippen LogP contribution in [0.4, 0.5) is 0 Å². The van der Waals surface area contributed by atoms with Gasteiger partial charge in [-0.15, -0.1) is 0 Å². The Hall–Kier alpha value is -0.610. The highest BCUT2D eigenvalue weighted by Gasteiger charge is 2.57. The summed E-state index contributed by atoms with van der Waals surface area (Å²) in [5, 5.41) is 0. The van der Waals surface area contributed by atoms with Crippen molar-refractivity contribution in [2.75, 3.05) is 19.6 Å². The first kappa shape index (κ1) is 9.93. The Balaban J connectivity index is 1.94. The third-order valence-corrected chi connectivity index (χ3v) is 3.48. The number of carbonyl (C=O) groups excluding carboxylic acids is 1. The topological polar surface area (TPSA) is 72.3 Å². The minimum atomic E-state index is -0.605. The molecule has 0 bridgehead atoms. The molecule has 0 unspecified atom stereocenters. The summed E-state index contributed by atoms with van der Waals surface area (Å²) >= 11 is 0. The van der Waals surface area contributed by atoms with Gasteiger partial charge in [-0.1, -0.05) is 0 Å². The highest BCUT2D eigenvalue weighted by molar-refractivity contribution is 5.90. The van der Waals surface area contributed by atoms with E-state index in [0.29, 0.717) is 6.54 Å². The van der Waals surface area contributed by atoms with Crippen LogP contribution in [0, 0.1) is 5.92 Å². The molecule has 1 aliphatic heterocycles. The number of hydrogen-bond donors (Lipinski definition) is 2. The number of rotatable bonds is 2. The van der Waals surface area contributed by atoms with Crippen LogP contribution in [0.2, 0.25) is 0 Å². The molecule has 4 heteroatoms. The molecule has 2 fully saturated rings. The molecule has 0 aromatic carbocycles. The monoisotopic (exact) mass is 197 g/mol. The first-order valence-corrected chi connectivity index (χ1v) is 5.47. The number of carbonyl (C=O) groups is 1. The summed E-state index contributed by atoms with van der Waals surface area (Å²) in [6.45, 7) is 2.31. The van der Waals surface area contributed by atoms with Gasteiger partial charge in [0.25, 0.3) is 0 Å². The standard InChI is InChI=1S/C10H19N3O/c11-7-8-6-10(8,12)9(14)13-4-2-1-3-5-13/h8H,1-7,11-12H2/t8-,10-/m0/s1. The maximum absolute atomic E-state index is 12.0. The van der Waals surface area contributed by atoms with Gasteiger partial charge in [0.2, 0.25) is 5.91 Å². The fourth-order valence-corrected chi connectivity index (χ4v) is 2.30. The van der Waals surface area contributed by atoms with E-state index in [9.17, 15) is 4.79 Å². The number of piperidine rings is 1. The van der Waals surface area contributed by atoms with E-state index in [1.165, 1.54) is 6.42 Å². The van der Waals surface area contributed by atoms with Gasteiger partial charge in [0.05, 0.1) is 0 Å². The summed E-state index contributed by atoms with van der Waals surface area (Å²) in [6.07, 6.45) is 4.25. The highest BCUT2D eigenvalue weighted by Crippen LogP contribution is 2.41. The zero-order valence-electron chi connectivity index (χ0n) is 8.54. The second-order valence-corrected chi connectivity index (χ2v) is 4.53. The fourth-order valence-electron chi connectivity index (χ4n) is 2.30. The molecular formula is C10H19N3O. The van der Waals surface area contributed by atoms with Crippen LogP contribution in [0.15, 0.2) is 0 Å². The fraction of sp³-hybridized carbons (Fsp3) is 0.900. The lowest BCUT2D eigenvalue weighted by Gasteiger charge is -2.29. The van der Waals surface area contributed by atoms with Crippen molar-refractivity contribution in [3.05, 3.63) is 0 Å². The van der Waals surface area contributed by atoms with Crippen molar-refractivity contribution in [1.29, 1.82) is 0 Å². The van der Waals surface area contributed by atoms with Gasteiger partial charge in [-0.25, -0.2) is 0 Å². The van der Waals surface area contributed by atoms with Gasteiger partial charge in [0, 0.05) is 19.0 Å². The van der Waals surface area contributed by atoms with Crippen LogP contribution in [0.5, 0.6) is 0 Å². The van der Waals surface area contributed by atoms with E-state index >= 15 is 0 Å². The molecule has 1 heterocycles. The molecule has 1 saturated heterocycles. The largest absolute Gasteiger partial charge is 0.341 e. The molecule has 2 aliphatic rings. The lowest BCUT2D eigenvalue weighted by Crippen LogP contribution is -2.49.